The standard InChI is InChI=1S/C87H70N4O/c1-58-44-84(88-56-79(58)63-34-21-12-22-35-63)91-80-39-24-23-38-75(80)76-42-41-74(55-82(76)91)92-73-37-25-36-72(54-73)89-57-90(81-43-40-64(52-83(81)89)59-26-13-8-14-27-59)85-77(68-46-65(60-28-15-9-16-29-60)45-66(47-68)61-30-17-10-18-31-61)50-67(62-32-19-11-20-33-62)51-78(85)69-48-70(86(2,3)4)53-71(49-69)87(5,6)7/h8-56H,1-7H3/i1D3,8D,9D,10D,11D,12D,13D,14D,15D,16D,17D,18D,19D,20D,21D,22D,26D,27D,28D,29D,30D,31D,32D,33D,34D,35D,45D,46D,47D. The Morgan fingerprint density at radius 1 is 0.424 bits per heavy atom. The van der Waals surface area contributed by atoms with Crippen LogP contribution in [0, 0.1) is 13.2 Å². The summed E-state index contributed by atoms with van der Waals surface area (Å²) in [5.74, 6) is 0.393. The molecule has 5 nitrogen and oxygen atoms in total. The Kier molecular flexibility index (Phi) is 8.26. The van der Waals surface area contributed by atoms with Gasteiger partial charge >= 0.3 is 0 Å². The van der Waals surface area contributed by atoms with Crippen LogP contribution in [-0.4, -0.2) is 14.1 Å². The van der Waals surface area contributed by atoms with E-state index in [4.69, 9.17) is 37.1 Å². The van der Waals surface area contributed by atoms with E-state index in [-0.39, 0.29) is 84.2 Å². The van der Waals surface area contributed by atoms with Crippen LogP contribution in [0.5, 0.6) is 11.5 Å². The Bertz CT molecular complexity index is 6880. The number of para-hydroxylation sites is 1. The maximum Gasteiger partial charge on any atom is 0.269 e. The maximum atomic E-state index is 10.8. The third kappa shape index (κ3) is 11.0. The first-order valence-electron chi connectivity index (χ1n) is 44.8. The summed E-state index contributed by atoms with van der Waals surface area (Å²) in [7, 11) is 0. The van der Waals surface area contributed by atoms with Gasteiger partial charge in [0.15, 0.2) is 0 Å². The molecule has 0 amide bonds. The molecule has 0 N–H and O–H groups in total. The van der Waals surface area contributed by atoms with Gasteiger partial charge < -0.3 is 4.74 Å². The van der Waals surface area contributed by atoms with Crippen molar-refractivity contribution in [2.75, 3.05) is 0 Å². The number of nitrogens with zero attached hydrogens (tertiary/aromatic N) is 4. The van der Waals surface area contributed by atoms with Crippen molar-refractivity contribution in [3.63, 3.8) is 0 Å². The highest BCUT2D eigenvalue weighted by molar-refractivity contribution is 6.09. The molecule has 0 fully saturated rings. The summed E-state index contributed by atoms with van der Waals surface area (Å²) >= 11 is 0. The summed E-state index contributed by atoms with van der Waals surface area (Å²) in [5, 5.41) is 1.34. The van der Waals surface area contributed by atoms with Crippen LogP contribution < -0.4 is 9.30 Å². The van der Waals surface area contributed by atoms with Crippen LogP contribution in [0.2, 0.25) is 0 Å². The topological polar surface area (TPSA) is 35.9 Å². The van der Waals surface area contributed by atoms with Gasteiger partial charge in [-0.3, -0.25) is 13.7 Å². The number of pyridine rings is 1. The van der Waals surface area contributed by atoms with Crippen LogP contribution in [-0.2, 0) is 10.8 Å². The van der Waals surface area contributed by atoms with Crippen LogP contribution in [0.15, 0.2) is 297 Å². The van der Waals surface area contributed by atoms with Crippen molar-refractivity contribution in [1.29, 1.82) is 0 Å². The zero-order valence-corrected chi connectivity index (χ0v) is 50.3. The van der Waals surface area contributed by atoms with Crippen molar-refractivity contribution in [3.05, 3.63) is 320 Å². The van der Waals surface area contributed by atoms with Gasteiger partial charge in [0.25, 0.3) is 6.33 Å². The van der Waals surface area contributed by atoms with Crippen molar-refractivity contribution in [3.8, 4) is 107 Å². The minimum atomic E-state index is -2.93. The molecule has 0 aliphatic heterocycles. The lowest BCUT2D eigenvalue weighted by molar-refractivity contribution is -0.571. The fourth-order valence-corrected chi connectivity index (χ4v) is 11.3. The van der Waals surface area contributed by atoms with Crippen molar-refractivity contribution in [1.82, 2.24) is 14.1 Å². The number of rotatable bonds is 12. The van der Waals surface area contributed by atoms with E-state index in [0.29, 0.717) is 27.4 Å². The minimum Gasteiger partial charge on any atom is -0.458 e. The normalized spacial score (nSPS) is 16.7. The SMILES string of the molecule is [2H]c1c([2H])c([2H])c(-c2cc(-c3cc(C(C)(C)C)cc(C(C)(C)C)c3)c(-[n+]3[c-]n(-c4cccc(Oc5ccc6c7ccccc7n(-c7cc(C([2H])([2H])[2H])c(-c8c([2H])c([2H])c([2H])c([2H])c8[2H])cn7)c6c5)c4)c4cc(-c5c([2H])c([2H])c([2H])c([2H])c5[2H])ccc43)c(-c3c([2H])c(-c4c([2H])c([2H])c([2H])c([2H])c4[2H])c([2H])c(-c4c([2H])c([2H])c([2H])c([2H])c4[2H])c3[2H])c2)c([2H])c1[2H]. The Hall–Kier alpha value is -11.1. The Morgan fingerprint density at radius 3 is 1.58 bits per heavy atom. The molecule has 0 spiro atoms. The van der Waals surface area contributed by atoms with Gasteiger partial charge in [0.1, 0.15) is 17.3 Å². The molecule has 0 bridgehead atoms. The van der Waals surface area contributed by atoms with Crippen LogP contribution in [0.3, 0.4) is 0 Å². The summed E-state index contributed by atoms with van der Waals surface area (Å²) in [6.45, 7) is 8.85. The van der Waals surface area contributed by atoms with Crippen molar-refractivity contribution in [2.45, 2.75) is 59.2 Å². The number of imidazole rings is 1. The molecule has 0 saturated carbocycles. The zero-order chi connectivity index (χ0) is 89.5. The fraction of sp³-hybridized carbons (Fsp3) is 0.103. The summed E-state index contributed by atoms with van der Waals surface area (Å²) in [4.78, 5) is 4.73. The maximum absolute atomic E-state index is 10.8. The van der Waals surface area contributed by atoms with Gasteiger partial charge in [-0.25, -0.2) is 4.98 Å². The molecule has 0 saturated heterocycles. The Morgan fingerprint density at radius 2 is 0.967 bits per heavy atom. The Labute approximate surface area is 583 Å². The third-order valence-corrected chi connectivity index (χ3v) is 15.9. The monoisotopic (exact) mass is 1220 g/mol. The lowest BCUT2D eigenvalue weighted by Gasteiger charge is -2.27. The van der Waals surface area contributed by atoms with Gasteiger partial charge in [0.05, 0.1) is 71.8 Å². The number of aryl methyl sites for hydroxylation is 1. The van der Waals surface area contributed by atoms with E-state index in [1.807, 2.05) is 71.9 Å². The largest absolute Gasteiger partial charge is 0.458 e. The molecule has 15 aromatic rings. The molecule has 0 aliphatic carbocycles. The van der Waals surface area contributed by atoms with Crippen molar-refractivity contribution < 1.29 is 51.8 Å². The number of ether oxygens (including phenoxy) is 1. The molecule has 3 heterocycles. The zero-order valence-electron chi connectivity index (χ0n) is 81.3. The fourth-order valence-electron chi connectivity index (χ4n) is 11.3. The predicted molar refractivity (Wildman–Crippen MR) is 382 cm³/mol. The van der Waals surface area contributed by atoms with E-state index in [1.165, 1.54) is 45.5 Å². The van der Waals surface area contributed by atoms with Gasteiger partial charge in [-0.15, -0.1) is 0 Å². The number of aromatic nitrogens is 4. The number of fused-ring (bicyclic) bond motifs is 4. The molecule has 5 heteroatoms. The van der Waals surface area contributed by atoms with Crippen molar-refractivity contribution >= 4 is 32.8 Å². The highest BCUT2D eigenvalue weighted by Crippen LogP contribution is 2.45. The summed E-state index contributed by atoms with van der Waals surface area (Å²) < 4.78 is 295. The molecule has 15 rings (SSSR count). The van der Waals surface area contributed by atoms with E-state index in [1.54, 1.807) is 59.2 Å². The predicted octanol–water partition coefficient (Wildman–Crippen LogP) is 22.6. The average Bonchev–Trinajstić information content (AvgIpc) is 1.61. The van der Waals surface area contributed by atoms with Crippen LogP contribution in [0.4, 0.5) is 0 Å². The van der Waals surface area contributed by atoms with Gasteiger partial charge in [-0.1, -0.05) is 247 Å². The van der Waals surface area contributed by atoms with Crippen LogP contribution in [0.1, 0.15) is 101 Å². The Balaban J connectivity index is 1.07. The first kappa shape index (κ1) is 32.6. The van der Waals surface area contributed by atoms with Crippen molar-refractivity contribution in [2.24, 2.45) is 0 Å². The minimum absolute atomic E-state index is 0.0591. The second-order valence-corrected chi connectivity index (χ2v) is 23.9. The lowest BCUT2D eigenvalue weighted by atomic mass is 9.78. The molecule has 0 unspecified atom stereocenters. The van der Waals surface area contributed by atoms with E-state index in [2.05, 4.69) is 6.33 Å². The lowest BCUT2D eigenvalue weighted by Crippen LogP contribution is -2.31. The molecule has 0 aliphatic rings. The molecule has 0 atom stereocenters. The molecular formula is C87H70N4O. The molecule has 92 heavy (non-hydrogen) atoms. The van der Waals surface area contributed by atoms with Gasteiger partial charge in [-0.2, -0.15) is 0 Å². The van der Waals surface area contributed by atoms with Gasteiger partial charge in [0.2, 0.25) is 0 Å². The highest BCUT2D eigenvalue weighted by Gasteiger charge is 2.27. The molecule has 0 radical (unpaired) electrons. The highest BCUT2D eigenvalue weighted by atomic mass is 16.5. The van der Waals surface area contributed by atoms with Gasteiger partial charge in [0, 0.05) is 32.7 Å². The van der Waals surface area contributed by atoms with E-state index in [9.17, 15) is 15.1 Å². The average molecular weight is 1220 g/mol. The smallest absolute Gasteiger partial charge is 0.269 e. The van der Waals surface area contributed by atoms with Crippen LogP contribution >= 0.6 is 0 Å². The number of hydrogen-bond acceptors (Lipinski definition) is 2. The van der Waals surface area contributed by atoms with E-state index in [0.717, 1.165) is 17.3 Å². The second kappa shape index (κ2) is 23.3. The van der Waals surface area contributed by atoms with E-state index >= 15 is 0 Å². The first-order chi connectivity index (χ1) is 57.6. The summed E-state index contributed by atoms with van der Waals surface area (Å²) in [6, 6.07) is 10.6. The van der Waals surface area contributed by atoms with Gasteiger partial charge in [-0.05, 0) is 185 Å². The quantitative estimate of drug-likeness (QED) is 0.0903. The number of benzene rings is 12. The molecule has 3 aromatic heterocycles. The first-order valence-corrected chi connectivity index (χ1v) is 29.3. The second-order valence-electron chi connectivity index (χ2n) is 23.9. The van der Waals surface area contributed by atoms with E-state index < -0.39 is 220 Å². The summed E-state index contributed by atoms with van der Waals surface area (Å²) in [5.41, 5.74) is -4.11. The summed E-state index contributed by atoms with van der Waals surface area (Å²) in [6.07, 6.45) is 4.66. The third-order valence-electron chi connectivity index (χ3n) is 15.9. The van der Waals surface area contributed by atoms with Crippen LogP contribution in [0.25, 0.3) is 128 Å². The molecule has 12 aromatic carbocycles. The number of hydrogen-bond donors (Lipinski definition) is 0. The molecular weight excluding hydrogens is 1120 g/mol. The molecule has 444 valence electrons.